The number of benzene rings is 1. The van der Waals surface area contributed by atoms with E-state index in [1.165, 1.54) is 5.56 Å². The quantitative estimate of drug-likeness (QED) is 0.822. The molecule has 1 aromatic heterocycles. The predicted octanol–water partition coefficient (Wildman–Crippen LogP) is 4.49. The van der Waals surface area contributed by atoms with Crippen molar-refractivity contribution in [1.82, 2.24) is 4.98 Å². The number of nitriles is 1. The van der Waals surface area contributed by atoms with Crippen molar-refractivity contribution in [2.45, 2.75) is 33.6 Å². The number of aryl methyl sites for hydroxylation is 2. The molecule has 0 spiro atoms. The Bertz CT molecular complexity index is 669. The van der Waals surface area contributed by atoms with E-state index in [0.717, 1.165) is 17.0 Å². The summed E-state index contributed by atoms with van der Waals surface area (Å²) >= 11 is 0. The summed E-state index contributed by atoms with van der Waals surface area (Å²) in [5.74, 6) is 1.56. The molecule has 0 saturated heterocycles. The van der Waals surface area contributed by atoms with Crippen molar-refractivity contribution in [2.75, 3.05) is 0 Å². The third-order valence-electron chi connectivity index (χ3n) is 3.21. The largest absolute Gasteiger partial charge is 0.437 e. The highest BCUT2D eigenvalue weighted by Crippen LogP contribution is 2.29. The minimum absolute atomic E-state index is 0.372. The van der Waals surface area contributed by atoms with Gasteiger partial charge >= 0.3 is 0 Å². The van der Waals surface area contributed by atoms with Gasteiger partial charge in [-0.15, -0.1) is 0 Å². The molecule has 0 aliphatic carbocycles. The minimum atomic E-state index is 0.372. The number of ether oxygens (including phenoxy) is 1. The van der Waals surface area contributed by atoms with E-state index < -0.39 is 0 Å². The fraction of sp³-hybridized carbons (Fsp3) is 0.294. The van der Waals surface area contributed by atoms with Crippen molar-refractivity contribution in [3.05, 3.63) is 52.7 Å². The first-order chi connectivity index (χ1) is 9.51. The van der Waals surface area contributed by atoms with Crippen molar-refractivity contribution < 1.29 is 4.74 Å². The van der Waals surface area contributed by atoms with Crippen LogP contribution in [0, 0.1) is 25.2 Å². The molecule has 3 heteroatoms. The van der Waals surface area contributed by atoms with Crippen LogP contribution in [0.15, 0.2) is 30.3 Å². The Kier molecular flexibility index (Phi) is 4.05. The van der Waals surface area contributed by atoms with Gasteiger partial charge in [-0.1, -0.05) is 26.0 Å². The lowest BCUT2D eigenvalue weighted by Gasteiger charge is -2.13. The fourth-order valence-corrected chi connectivity index (χ4v) is 1.89. The van der Waals surface area contributed by atoms with Gasteiger partial charge < -0.3 is 4.74 Å². The SMILES string of the molecule is Cc1ccc(C#N)c(Oc2cc(C(C)C)ccc2C)n1. The average molecular weight is 266 g/mol. The zero-order valence-corrected chi connectivity index (χ0v) is 12.3. The molecule has 2 aromatic rings. The van der Waals surface area contributed by atoms with Crippen molar-refractivity contribution in [3.8, 4) is 17.7 Å². The second-order valence-corrected chi connectivity index (χ2v) is 5.20. The lowest BCUT2D eigenvalue weighted by atomic mass is 10.0. The Morgan fingerprint density at radius 2 is 1.90 bits per heavy atom. The van der Waals surface area contributed by atoms with Crippen LogP contribution in [0.2, 0.25) is 0 Å². The van der Waals surface area contributed by atoms with Gasteiger partial charge in [0.05, 0.1) is 0 Å². The summed E-state index contributed by atoms with van der Waals surface area (Å²) in [4.78, 5) is 4.31. The Hall–Kier alpha value is -2.34. The first-order valence-corrected chi connectivity index (χ1v) is 6.67. The van der Waals surface area contributed by atoms with E-state index in [-0.39, 0.29) is 0 Å². The van der Waals surface area contributed by atoms with Gasteiger partial charge in [0, 0.05) is 5.69 Å². The molecule has 0 unspecified atom stereocenters. The average Bonchev–Trinajstić information content (AvgIpc) is 2.41. The van der Waals surface area contributed by atoms with Gasteiger partial charge in [0.1, 0.15) is 17.4 Å². The molecule has 20 heavy (non-hydrogen) atoms. The lowest BCUT2D eigenvalue weighted by Crippen LogP contribution is -1.97. The van der Waals surface area contributed by atoms with E-state index >= 15 is 0 Å². The molecule has 0 atom stereocenters. The van der Waals surface area contributed by atoms with Crippen molar-refractivity contribution in [2.24, 2.45) is 0 Å². The van der Waals surface area contributed by atoms with E-state index in [0.29, 0.717) is 17.4 Å². The number of nitrogens with zero attached hydrogens (tertiary/aromatic N) is 2. The van der Waals surface area contributed by atoms with Crippen LogP contribution in [0.25, 0.3) is 0 Å². The molecule has 0 bridgehead atoms. The molecule has 0 radical (unpaired) electrons. The molecule has 102 valence electrons. The summed E-state index contributed by atoms with van der Waals surface area (Å²) in [6, 6.07) is 11.8. The normalized spacial score (nSPS) is 10.4. The standard InChI is InChI=1S/C17H18N2O/c1-11(2)14-7-5-12(3)16(9-14)20-17-15(10-18)8-6-13(4)19-17/h5-9,11H,1-4H3. The first-order valence-electron chi connectivity index (χ1n) is 6.67. The molecule has 0 aliphatic rings. The van der Waals surface area contributed by atoms with Crippen molar-refractivity contribution in [1.29, 1.82) is 5.26 Å². The Morgan fingerprint density at radius 1 is 1.15 bits per heavy atom. The maximum atomic E-state index is 9.13. The molecule has 1 heterocycles. The maximum absolute atomic E-state index is 9.13. The fourth-order valence-electron chi connectivity index (χ4n) is 1.89. The predicted molar refractivity (Wildman–Crippen MR) is 79.0 cm³/mol. The number of aromatic nitrogens is 1. The van der Waals surface area contributed by atoms with Gasteiger partial charge in [-0.05, 0) is 49.1 Å². The van der Waals surface area contributed by atoms with Crippen molar-refractivity contribution >= 4 is 0 Å². The van der Waals surface area contributed by atoms with Crippen LogP contribution in [0.3, 0.4) is 0 Å². The summed E-state index contributed by atoms with van der Waals surface area (Å²) in [6.07, 6.45) is 0. The van der Waals surface area contributed by atoms with E-state index in [4.69, 9.17) is 10.00 Å². The molecule has 0 saturated carbocycles. The summed E-state index contributed by atoms with van der Waals surface area (Å²) in [6.45, 7) is 8.15. The Balaban J connectivity index is 2.42. The van der Waals surface area contributed by atoms with Gasteiger partial charge in [0.2, 0.25) is 5.88 Å². The molecular formula is C17H18N2O. The summed E-state index contributed by atoms with van der Waals surface area (Å²) in [5.41, 5.74) is 3.51. The van der Waals surface area contributed by atoms with Gasteiger partial charge in [0.25, 0.3) is 0 Å². The molecule has 0 fully saturated rings. The van der Waals surface area contributed by atoms with Crippen LogP contribution in [0.5, 0.6) is 11.6 Å². The van der Waals surface area contributed by atoms with E-state index in [9.17, 15) is 0 Å². The summed E-state index contributed by atoms with van der Waals surface area (Å²) in [5, 5.41) is 9.13. The summed E-state index contributed by atoms with van der Waals surface area (Å²) < 4.78 is 5.87. The number of hydrogen-bond acceptors (Lipinski definition) is 3. The van der Waals surface area contributed by atoms with Crippen LogP contribution >= 0.6 is 0 Å². The Morgan fingerprint density at radius 3 is 2.55 bits per heavy atom. The van der Waals surface area contributed by atoms with Crippen LogP contribution in [0.1, 0.15) is 42.1 Å². The van der Waals surface area contributed by atoms with Gasteiger partial charge in [-0.3, -0.25) is 0 Å². The van der Waals surface area contributed by atoms with Gasteiger partial charge in [-0.25, -0.2) is 4.98 Å². The number of hydrogen-bond donors (Lipinski definition) is 0. The smallest absolute Gasteiger partial charge is 0.237 e. The molecule has 0 amide bonds. The third-order valence-corrected chi connectivity index (χ3v) is 3.21. The van der Waals surface area contributed by atoms with E-state index in [2.05, 4.69) is 31.0 Å². The lowest BCUT2D eigenvalue weighted by molar-refractivity contribution is 0.455. The van der Waals surface area contributed by atoms with E-state index in [1.54, 1.807) is 6.07 Å². The van der Waals surface area contributed by atoms with E-state index in [1.807, 2.05) is 32.0 Å². The monoisotopic (exact) mass is 266 g/mol. The summed E-state index contributed by atoms with van der Waals surface area (Å²) in [7, 11) is 0. The zero-order valence-electron chi connectivity index (χ0n) is 12.3. The highest BCUT2D eigenvalue weighted by Gasteiger charge is 2.10. The Labute approximate surface area is 119 Å². The molecule has 3 nitrogen and oxygen atoms in total. The number of pyridine rings is 1. The van der Waals surface area contributed by atoms with Crippen LogP contribution in [0.4, 0.5) is 0 Å². The third kappa shape index (κ3) is 2.97. The number of rotatable bonds is 3. The zero-order chi connectivity index (χ0) is 14.7. The van der Waals surface area contributed by atoms with Crippen LogP contribution in [-0.2, 0) is 0 Å². The molecule has 0 aliphatic heterocycles. The topological polar surface area (TPSA) is 45.9 Å². The molecular weight excluding hydrogens is 248 g/mol. The molecule has 1 aromatic carbocycles. The molecule has 0 N–H and O–H groups in total. The van der Waals surface area contributed by atoms with Gasteiger partial charge in [0.15, 0.2) is 0 Å². The highest BCUT2D eigenvalue weighted by molar-refractivity contribution is 5.44. The van der Waals surface area contributed by atoms with Crippen molar-refractivity contribution in [3.63, 3.8) is 0 Å². The van der Waals surface area contributed by atoms with Crippen LogP contribution in [-0.4, -0.2) is 4.98 Å². The second-order valence-electron chi connectivity index (χ2n) is 5.20. The molecule has 2 rings (SSSR count). The van der Waals surface area contributed by atoms with Gasteiger partial charge in [-0.2, -0.15) is 5.26 Å². The second kappa shape index (κ2) is 5.75. The highest BCUT2D eigenvalue weighted by atomic mass is 16.5. The first kappa shape index (κ1) is 14.1. The minimum Gasteiger partial charge on any atom is -0.437 e. The van der Waals surface area contributed by atoms with Crippen LogP contribution < -0.4 is 4.74 Å². The maximum Gasteiger partial charge on any atom is 0.237 e.